The van der Waals surface area contributed by atoms with Crippen LogP contribution < -0.4 is 5.56 Å². The SMILES string of the molecule is CCOC(=O)c1cn(C[C@]2(O)CCN(C(=O)OC(C)(C)C)CC2(C)C)c(=O)cc1Cl. The number of ether oxygens (including phenoxy) is 2. The molecule has 8 nitrogen and oxygen atoms in total. The number of carbonyl (C=O) groups excluding carboxylic acids is 2. The van der Waals surface area contributed by atoms with Crippen molar-refractivity contribution in [2.45, 2.75) is 65.7 Å². The molecule has 1 aromatic rings. The van der Waals surface area contributed by atoms with Gasteiger partial charge in [-0.15, -0.1) is 0 Å². The Morgan fingerprint density at radius 3 is 2.47 bits per heavy atom. The van der Waals surface area contributed by atoms with Gasteiger partial charge in [-0.3, -0.25) is 4.79 Å². The summed E-state index contributed by atoms with van der Waals surface area (Å²) in [7, 11) is 0. The number of esters is 1. The van der Waals surface area contributed by atoms with Crippen molar-refractivity contribution in [3.05, 3.63) is 33.2 Å². The van der Waals surface area contributed by atoms with E-state index in [0.717, 1.165) is 6.07 Å². The van der Waals surface area contributed by atoms with Gasteiger partial charge in [-0.25, -0.2) is 9.59 Å². The van der Waals surface area contributed by atoms with Gasteiger partial charge in [0.2, 0.25) is 0 Å². The second-order valence-corrected chi connectivity index (χ2v) is 9.70. The molecule has 1 aromatic heterocycles. The lowest BCUT2D eigenvalue weighted by Gasteiger charge is -2.50. The molecule has 1 amide bonds. The fourth-order valence-corrected chi connectivity index (χ4v) is 3.67. The van der Waals surface area contributed by atoms with Crippen molar-refractivity contribution in [1.29, 1.82) is 0 Å². The number of amides is 1. The van der Waals surface area contributed by atoms with Crippen LogP contribution in [0.5, 0.6) is 0 Å². The molecule has 1 fully saturated rings. The first-order chi connectivity index (χ1) is 13.7. The number of pyridine rings is 1. The maximum Gasteiger partial charge on any atom is 0.410 e. The molecule has 30 heavy (non-hydrogen) atoms. The van der Waals surface area contributed by atoms with E-state index < -0.39 is 34.2 Å². The van der Waals surface area contributed by atoms with Gasteiger partial charge in [0.15, 0.2) is 0 Å². The minimum atomic E-state index is -1.30. The Labute approximate surface area is 181 Å². The molecule has 9 heteroatoms. The summed E-state index contributed by atoms with van der Waals surface area (Å²) in [6.45, 7) is 11.4. The Morgan fingerprint density at radius 1 is 1.30 bits per heavy atom. The van der Waals surface area contributed by atoms with Crippen molar-refractivity contribution in [2.75, 3.05) is 19.7 Å². The van der Waals surface area contributed by atoms with E-state index >= 15 is 0 Å². The highest BCUT2D eigenvalue weighted by atomic mass is 35.5. The van der Waals surface area contributed by atoms with Crippen LogP contribution >= 0.6 is 11.6 Å². The molecule has 0 aliphatic carbocycles. The molecule has 0 bridgehead atoms. The summed E-state index contributed by atoms with van der Waals surface area (Å²) in [5.41, 5.74) is -3.03. The normalized spacial score (nSPS) is 21.3. The molecule has 0 spiro atoms. The average Bonchev–Trinajstić information content (AvgIpc) is 2.58. The lowest BCUT2D eigenvalue weighted by atomic mass is 9.70. The Balaban J connectivity index is 2.26. The van der Waals surface area contributed by atoms with E-state index in [1.807, 2.05) is 13.8 Å². The molecule has 0 aromatic carbocycles. The van der Waals surface area contributed by atoms with E-state index in [0.29, 0.717) is 0 Å². The second-order valence-electron chi connectivity index (χ2n) is 9.29. The number of aromatic nitrogens is 1. The smallest absolute Gasteiger partial charge is 0.410 e. The third kappa shape index (κ3) is 5.35. The monoisotopic (exact) mass is 442 g/mol. The molecule has 1 saturated heterocycles. The van der Waals surface area contributed by atoms with Gasteiger partial charge in [0.05, 0.1) is 29.3 Å². The van der Waals surface area contributed by atoms with Crippen LogP contribution in [0.15, 0.2) is 17.1 Å². The molecule has 1 aliphatic heterocycles. The third-order valence-corrected chi connectivity index (χ3v) is 5.61. The Kier molecular flexibility index (Phi) is 6.93. The van der Waals surface area contributed by atoms with Crippen molar-refractivity contribution >= 4 is 23.7 Å². The molecular weight excluding hydrogens is 412 g/mol. The number of nitrogens with zero attached hydrogens (tertiary/aromatic N) is 2. The molecular formula is C21H31ClN2O6. The van der Waals surface area contributed by atoms with E-state index in [1.165, 1.54) is 10.8 Å². The lowest BCUT2D eigenvalue weighted by Crippen LogP contribution is -2.61. The first-order valence-electron chi connectivity index (χ1n) is 9.96. The highest BCUT2D eigenvalue weighted by Crippen LogP contribution is 2.40. The van der Waals surface area contributed by atoms with Crippen molar-refractivity contribution in [1.82, 2.24) is 9.47 Å². The van der Waals surface area contributed by atoms with E-state index in [1.54, 1.807) is 32.6 Å². The minimum absolute atomic E-state index is 0.000644. The predicted molar refractivity (Wildman–Crippen MR) is 113 cm³/mol. The average molecular weight is 443 g/mol. The maximum atomic E-state index is 12.5. The number of rotatable bonds is 4. The maximum absolute atomic E-state index is 12.5. The summed E-state index contributed by atoms with van der Waals surface area (Å²) in [5, 5.41) is 11.4. The zero-order valence-corrected chi connectivity index (χ0v) is 19.2. The van der Waals surface area contributed by atoms with Gasteiger partial charge >= 0.3 is 12.1 Å². The number of likely N-dealkylation sites (tertiary alicyclic amines) is 1. The van der Waals surface area contributed by atoms with Gasteiger partial charge in [0, 0.05) is 30.8 Å². The summed E-state index contributed by atoms with van der Waals surface area (Å²) in [6.07, 6.45) is 1.12. The Morgan fingerprint density at radius 2 is 1.93 bits per heavy atom. The van der Waals surface area contributed by atoms with Crippen molar-refractivity contribution in [3.63, 3.8) is 0 Å². The topological polar surface area (TPSA) is 98.1 Å². The van der Waals surface area contributed by atoms with Crippen molar-refractivity contribution in [2.24, 2.45) is 5.41 Å². The molecule has 168 valence electrons. The van der Waals surface area contributed by atoms with Crippen LogP contribution in [-0.4, -0.2) is 57.5 Å². The number of piperidine rings is 1. The Hall–Kier alpha value is -2.06. The zero-order chi connectivity index (χ0) is 22.9. The van der Waals surface area contributed by atoms with Crippen LogP contribution in [0.2, 0.25) is 5.02 Å². The van der Waals surface area contributed by atoms with Crippen LogP contribution in [0, 0.1) is 5.41 Å². The van der Waals surface area contributed by atoms with Crippen LogP contribution in [0.1, 0.15) is 58.3 Å². The molecule has 0 radical (unpaired) electrons. The summed E-state index contributed by atoms with van der Waals surface area (Å²) in [6, 6.07) is 1.14. The highest BCUT2D eigenvalue weighted by Gasteiger charge is 2.49. The molecule has 0 saturated carbocycles. The highest BCUT2D eigenvalue weighted by molar-refractivity contribution is 6.33. The first-order valence-corrected chi connectivity index (χ1v) is 10.3. The van der Waals surface area contributed by atoms with Crippen molar-refractivity contribution < 1.29 is 24.2 Å². The summed E-state index contributed by atoms with van der Waals surface area (Å²) < 4.78 is 11.7. The second kappa shape index (κ2) is 8.59. The first kappa shape index (κ1) is 24.2. The fraction of sp³-hybridized carbons (Fsp3) is 0.667. The summed E-state index contributed by atoms with van der Waals surface area (Å²) >= 11 is 6.04. The van der Waals surface area contributed by atoms with Gasteiger partial charge in [-0.1, -0.05) is 25.4 Å². The molecule has 1 atom stereocenters. The van der Waals surface area contributed by atoms with Gasteiger partial charge in [0.25, 0.3) is 5.56 Å². The molecule has 2 heterocycles. The summed E-state index contributed by atoms with van der Waals surface area (Å²) in [5.74, 6) is -0.637. The van der Waals surface area contributed by atoms with Gasteiger partial charge in [0.1, 0.15) is 5.60 Å². The van der Waals surface area contributed by atoms with Crippen LogP contribution in [0.25, 0.3) is 0 Å². The largest absolute Gasteiger partial charge is 0.462 e. The molecule has 0 unspecified atom stereocenters. The number of hydrogen-bond acceptors (Lipinski definition) is 6. The number of hydrogen-bond donors (Lipinski definition) is 1. The minimum Gasteiger partial charge on any atom is -0.462 e. The fourth-order valence-electron chi connectivity index (χ4n) is 3.45. The zero-order valence-electron chi connectivity index (χ0n) is 18.5. The third-order valence-electron chi connectivity index (χ3n) is 5.30. The van der Waals surface area contributed by atoms with Crippen molar-refractivity contribution in [3.8, 4) is 0 Å². The van der Waals surface area contributed by atoms with Gasteiger partial charge in [-0.05, 0) is 34.1 Å². The molecule has 2 rings (SSSR count). The van der Waals surface area contributed by atoms with Gasteiger partial charge in [-0.2, -0.15) is 0 Å². The van der Waals surface area contributed by atoms with E-state index in [-0.39, 0.29) is 43.2 Å². The number of aliphatic hydroxyl groups is 1. The number of halogens is 1. The van der Waals surface area contributed by atoms with E-state index in [4.69, 9.17) is 21.1 Å². The molecule has 1 N–H and O–H groups in total. The predicted octanol–water partition coefficient (Wildman–Crippen LogP) is 3.08. The quantitative estimate of drug-likeness (QED) is 0.719. The lowest BCUT2D eigenvalue weighted by molar-refractivity contribution is -0.126. The van der Waals surface area contributed by atoms with Crippen LogP contribution in [0.3, 0.4) is 0 Å². The summed E-state index contributed by atoms with van der Waals surface area (Å²) in [4.78, 5) is 38.6. The number of carbonyl (C=O) groups is 2. The standard InChI is InChI=1S/C21H31ClN2O6/c1-7-29-17(26)14-11-24(16(25)10-15(14)22)13-21(28)8-9-23(12-20(21,5)6)18(27)30-19(2,3)4/h10-11,28H,7-9,12-13H2,1-6H3/t21-/m1/s1. The van der Waals surface area contributed by atoms with Gasteiger partial charge < -0.3 is 24.0 Å². The van der Waals surface area contributed by atoms with E-state index in [2.05, 4.69) is 0 Å². The van der Waals surface area contributed by atoms with Crippen LogP contribution in [-0.2, 0) is 16.0 Å². The molecule has 1 aliphatic rings. The van der Waals surface area contributed by atoms with E-state index in [9.17, 15) is 19.5 Å². The Bertz CT molecular complexity index is 873. The van der Waals surface area contributed by atoms with Crippen LogP contribution in [0.4, 0.5) is 4.79 Å².